The number of hydrogen-bond donors (Lipinski definition) is 2. The van der Waals surface area contributed by atoms with Gasteiger partial charge in [-0.15, -0.1) is 0 Å². The van der Waals surface area contributed by atoms with E-state index in [1.54, 1.807) is 12.1 Å². The average Bonchev–Trinajstić information content (AvgIpc) is 3.47. The molecule has 0 atom stereocenters. The summed E-state index contributed by atoms with van der Waals surface area (Å²) < 4.78 is 0. The first-order valence-electron chi connectivity index (χ1n) is 8.90. The Bertz CT molecular complexity index is 1170. The number of para-hydroxylation sites is 1. The molecule has 2 N–H and O–H groups in total. The highest BCUT2D eigenvalue weighted by molar-refractivity contribution is 5.92. The maximum absolute atomic E-state index is 8.99. The first-order chi connectivity index (χ1) is 13.3. The number of hydrogen-bond acceptors (Lipinski definition) is 5. The van der Waals surface area contributed by atoms with E-state index in [0.717, 1.165) is 22.3 Å². The number of fused-ring (bicyclic) bond motifs is 1. The van der Waals surface area contributed by atoms with Crippen LogP contribution in [0, 0.1) is 11.3 Å². The fraction of sp³-hybridized carbons (Fsp3) is 0.143. The van der Waals surface area contributed by atoms with Crippen LogP contribution in [0.4, 0.5) is 11.6 Å². The smallest absolute Gasteiger partial charge is 0.162 e. The van der Waals surface area contributed by atoms with Crippen molar-refractivity contribution in [2.75, 3.05) is 5.32 Å². The zero-order chi connectivity index (χ0) is 18.2. The molecular formula is C21H16N6. The van der Waals surface area contributed by atoms with E-state index < -0.39 is 0 Å². The number of rotatable bonds is 4. The fourth-order valence-electron chi connectivity index (χ4n) is 3.12. The molecule has 2 heterocycles. The number of nitrogens with one attached hydrogen (secondary N) is 2. The van der Waals surface area contributed by atoms with Crippen LogP contribution in [0.1, 0.15) is 30.0 Å². The molecule has 1 aliphatic rings. The minimum absolute atomic E-state index is 0.610. The Kier molecular flexibility index (Phi) is 3.58. The Morgan fingerprint density at radius 1 is 1.04 bits per heavy atom. The van der Waals surface area contributed by atoms with Crippen LogP contribution >= 0.6 is 0 Å². The van der Waals surface area contributed by atoms with Crippen LogP contribution in [0.2, 0.25) is 0 Å². The summed E-state index contributed by atoms with van der Waals surface area (Å²) in [6.45, 7) is 0. The second kappa shape index (κ2) is 6.22. The zero-order valence-corrected chi connectivity index (χ0v) is 14.5. The van der Waals surface area contributed by atoms with Crippen LogP contribution < -0.4 is 5.32 Å². The number of anilines is 2. The molecule has 130 valence electrons. The van der Waals surface area contributed by atoms with Gasteiger partial charge >= 0.3 is 0 Å². The third-order valence-corrected chi connectivity index (χ3v) is 4.74. The molecule has 2 aromatic carbocycles. The van der Waals surface area contributed by atoms with Crippen molar-refractivity contribution >= 4 is 22.5 Å². The lowest BCUT2D eigenvalue weighted by Crippen LogP contribution is -1.99. The largest absolute Gasteiger partial charge is 0.323 e. The zero-order valence-electron chi connectivity index (χ0n) is 14.5. The lowest BCUT2D eigenvalue weighted by molar-refractivity contribution is 0.966. The molecule has 0 bridgehead atoms. The van der Waals surface area contributed by atoms with Crippen LogP contribution in [-0.4, -0.2) is 20.2 Å². The van der Waals surface area contributed by atoms with Gasteiger partial charge in [0.1, 0.15) is 5.82 Å². The second-order valence-electron chi connectivity index (χ2n) is 6.71. The van der Waals surface area contributed by atoms with Gasteiger partial charge in [-0.1, -0.05) is 12.1 Å². The summed E-state index contributed by atoms with van der Waals surface area (Å²) in [5.74, 6) is 2.70. The molecule has 1 fully saturated rings. The molecule has 0 amide bonds. The Balaban J connectivity index is 1.57. The van der Waals surface area contributed by atoms with Crippen LogP contribution in [0.25, 0.3) is 22.3 Å². The third-order valence-electron chi connectivity index (χ3n) is 4.74. The summed E-state index contributed by atoms with van der Waals surface area (Å²) in [6.07, 6.45) is 2.45. The highest BCUT2D eigenvalue weighted by Gasteiger charge is 2.25. The number of H-pyrrole nitrogens is 1. The summed E-state index contributed by atoms with van der Waals surface area (Å²) in [5.41, 5.74) is 3.50. The first-order valence-corrected chi connectivity index (χ1v) is 8.90. The first kappa shape index (κ1) is 15.5. The minimum Gasteiger partial charge on any atom is -0.323 e. The molecule has 5 rings (SSSR count). The topological polar surface area (TPSA) is 90.3 Å². The summed E-state index contributed by atoms with van der Waals surface area (Å²) in [5, 5.41) is 20.7. The summed E-state index contributed by atoms with van der Waals surface area (Å²) in [7, 11) is 0. The minimum atomic E-state index is 0.610. The molecule has 0 unspecified atom stereocenters. The van der Waals surface area contributed by atoms with Crippen molar-refractivity contribution in [3.63, 3.8) is 0 Å². The number of aromatic amines is 1. The molecule has 4 aromatic rings. The van der Waals surface area contributed by atoms with Gasteiger partial charge in [-0.3, -0.25) is 5.10 Å². The predicted octanol–water partition coefficient (Wildman–Crippen LogP) is 4.51. The van der Waals surface area contributed by atoms with E-state index in [1.165, 1.54) is 18.5 Å². The van der Waals surface area contributed by atoms with Gasteiger partial charge in [0.2, 0.25) is 0 Å². The summed E-state index contributed by atoms with van der Waals surface area (Å²) in [6, 6.07) is 19.4. The molecule has 0 aliphatic heterocycles. The van der Waals surface area contributed by atoms with Gasteiger partial charge in [0.25, 0.3) is 0 Å². The SMILES string of the molecule is N#Cc1ccc(-c2nc(Nc3cc(C4CC4)[nH]n3)c3ccccc3n2)cc1. The quantitative estimate of drug-likeness (QED) is 0.564. The van der Waals surface area contributed by atoms with Crippen molar-refractivity contribution in [3.8, 4) is 17.5 Å². The third kappa shape index (κ3) is 3.00. The molecule has 0 spiro atoms. The molecule has 1 aliphatic carbocycles. The lowest BCUT2D eigenvalue weighted by Gasteiger charge is -2.09. The van der Waals surface area contributed by atoms with E-state index in [9.17, 15) is 0 Å². The Hall–Kier alpha value is -3.72. The van der Waals surface area contributed by atoms with Gasteiger partial charge in [0.15, 0.2) is 11.6 Å². The Morgan fingerprint density at radius 3 is 2.63 bits per heavy atom. The van der Waals surface area contributed by atoms with Gasteiger partial charge in [-0.2, -0.15) is 10.4 Å². The van der Waals surface area contributed by atoms with Crippen LogP contribution in [0.3, 0.4) is 0 Å². The van der Waals surface area contributed by atoms with Gasteiger partial charge < -0.3 is 5.32 Å². The van der Waals surface area contributed by atoms with Gasteiger partial charge in [-0.05, 0) is 49.2 Å². The van der Waals surface area contributed by atoms with Crippen molar-refractivity contribution in [3.05, 3.63) is 65.9 Å². The van der Waals surface area contributed by atoms with Crippen LogP contribution in [0.5, 0.6) is 0 Å². The van der Waals surface area contributed by atoms with Crippen molar-refractivity contribution in [2.24, 2.45) is 0 Å². The lowest BCUT2D eigenvalue weighted by atomic mass is 10.1. The standard InChI is InChI=1S/C21H16N6/c22-12-13-5-7-15(8-6-13)20-23-17-4-2-1-3-16(17)21(25-20)24-19-11-18(26-27-19)14-9-10-14/h1-8,11,14H,9-10H2,(H2,23,24,25,26,27). The highest BCUT2D eigenvalue weighted by atomic mass is 15.2. The van der Waals surface area contributed by atoms with Crippen molar-refractivity contribution in [1.29, 1.82) is 5.26 Å². The van der Waals surface area contributed by atoms with Crippen molar-refractivity contribution < 1.29 is 0 Å². The van der Waals surface area contributed by atoms with E-state index in [2.05, 4.69) is 32.6 Å². The monoisotopic (exact) mass is 352 g/mol. The molecule has 6 nitrogen and oxygen atoms in total. The average molecular weight is 352 g/mol. The van der Waals surface area contributed by atoms with Crippen molar-refractivity contribution in [2.45, 2.75) is 18.8 Å². The Labute approximate surface area is 155 Å². The summed E-state index contributed by atoms with van der Waals surface area (Å²) >= 11 is 0. The molecule has 6 heteroatoms. The number of nitriles is 1. The summed E-state index contributed by atoms with van der Waals surface area (Å²) in [4.78, 5) is 9.42. The van der Waals surface area contributed by atoms with E-state index in [1.807, 2.05) is 36.4 Å². The van der Waals surface area contributed by atoms with E-state index in [0.29, 0.717) is 23.1 Å². The predicted molar refractivity (Wildman–Crippen MR) is 104 cm³/mol. The van der Waals surface area contributed by atoms with Gasteiger partial charge in [-0.25, -0.2) is 9.97 Å². The molecule has 0 radical (unpaired) electrons. The van der Waals surface area contributed by atoms with Crippen LogP contribution in [0.15, 0.2) is 54.6 Å². The Morgan fingerprint density at radius 2 is 1.85 bits per heavy atom. The van der Waals surface area contributed by atoms with E-state index in [4.69, 9.17) is 10.2 Å². The maximum Gasteiger partial charge on any atom is 0.162 e. The highest BCUT2D eigenvalue weighted by Crippen LogP contribution is 2.39. The molecule has 27 heavy (non-hydrogen) atoms. The van der Waals surface area contributed by atoms with Gasteiger partial charge in [0.05, 0.1) is 17.1 Å². The second-order valence-corrected chi connectivity index (χ2v) is 6.71. The maximum atomic E-state index is 8.99. The number of nitrogens with zero attached hydrogens (tertiary/aromatic N) is 4. The molecule has 0 saturated heterocycles. The fourth-order valence-corrected chi connectivity index (χ4v) is 3.12. The number of aromatic nitrogens is 4. The van der Waals surface area contributed by atoms with Crippen LogP contribution in [-0.2, 0) is 0 Å². The molecule has 2 aromatic heterocycles. The van der Waals surface area contributed by atoms with E-state index in [-0.39, 0.29) is 0 Å². The number of benzene rings is 2. The normalized spacial score (nSPS) is 13.4. The molecular weight excluding hydrogens is 336 g/mol. The van der Waals surface area contributed by atoms with Gasteiger partial charge in [0, 0.05) is 28.6 Å². The molecule has 1 saturated carbocycles. The van der Waals surface area contributed by atoms with Crippen molar-refractivity contribution in [1.82, 2.24) is 20.2 Å². The van der Waals surface area contributed by atoms with E-state index >= 15 is 0 Å².